The molecule has 1 heterocycles. The highest BCUT2D eigenvalue weighted by Gasteiger charge is 2.39. The van der Waals surface area contributed by atoms with Crippen LogP contribution in [-0.4, -0.2) is 62.1 Å². The van der Waals surface area contributed by atoms with Crippen molar-refractivity contribution in [2.75, 3.05) is 23.8 Å². The van der Waals surface area contributed by atoms with Gasteiger partial charge in [0.05, 0.1) is 23.7 Å². The summed E-state index contributed by atoms with van der Waals surface area (Å²) in [5, 5.41) is 8.86. The van der Waals surface area contributed by atoms with E-state index < -0.39 is 44.0 Å². The molecule has 1 fully saturated rings. The van der Waals surface area contributed by atoms with Gasteiger partial charge in [0.25, 0.3) is 0 Å². The summed E-state index contributed by atoms with van der Waals surface area (Å²) in [6.07, 6.45) is -0.0631. The minimum Gasteiger partial charge on any atom is -0.481 e. The van der Waals surface area contributed by atoms with Gasteiger partial charge in [-0.2, -0.15) is 4.31 Å². The quantitative estimate of drug-likeness (QED) is 0.771. The van der Waals surface area contributed by atoms with Gasteiger partial charge in [0.1, 0.15) is 0 Å². The zero-order chi connectivity index (χ0) is 16.5. The lowest BCUT2D eigenvalue weighted by Gasteiger charge is -2.34. The van der Waals surface area contributed by atoms with Gasteiger partial charge in [-0.1, -0.05) is 20.8 Å². The Morgan fingerprint density at radius 3 is 2.38 bits per heavy atom. The van der Waals surface area contributed by atoms with E-state index in [1.807, 2.05) is 20.8 Å². The van der Waals surface area contributed by atoms with Crippen LogP contribution in [0.15, 0.2) is 0 Å². The van der Waals surface area contributed by atoms with Gasteiger partial charge in [-0.3, -0.25) is 4.79 Å². The van der Waals surface area contributed by atoms with Gasteiger partial charge in [-0.05, 0) is 11.8 Å². The fraction of sp³-hybridized carbons (Fsp3) is 0.917. The number of carbonyl (C=O) groups is 1. The van der Waals surface area contributed by atoms with Gasteiger partial charge in [0.15, 0.2) is 9.84 Å². The Kier molecular flexibility index (Phi) is 5.44. The number of carboxylic acids is 1. The topological polar surface area (TPSA) is 109 Å². The maximum absolute atomic E-state index is 12.4. The predicted octanol–water partition coefficient (Wildman–Crippen LogP) is 0.326. The Labute approximate surface area is 126 Å². The lowest BCUT2D eigenvalue weighted by Crippen LogP contribution is -2.52. The Morgan fingerprint density at radius 2 is 1.90 bits per heavy atom. The lowest BCUT2D eigenvalue weighted by molar-refractivity contribution is -0.137. The molecule has 1 aliphatic rings. The van der Waals surface area contributed by atoms with Gasteiger partial charge in [-0.15, -0.1) is 0 Å². The predicted molar refractivity (Wildman–Crippen MR) is 79.3 cm³/mol. The first-order chi connectivity index (χ1) is 9.32. The van der Waals surface area contributed by atoms with Gasteiger partial charge < -0.3 is 5.11 Å². The van der Waals surface area contributed by atoms with E-state index in [1.54, 1.807) is 0 Å². The van der Waals surface area contributed by atoms with E-state index >= 15 is 0 Å². The molecule has 0 radical (unpaired) electrons. The third-order valence-corrected chi connectivity index (χ3v) is 6.97. The molecular formula is C12H23NO6S2. The SMILES string of the molecule is CC(C)(C)CCS(=O)(=O)N1CCS(=O)(=O)CC1CC(=O)O. The average Bonchev–Trinajstić information content (AvgIpc) is 2.23. The molecule has 1 aliphatic heterocycles. The normalized spacial score (nSPS) is 23.9. The van der Waals surface area contributed by atoms with Crippen LogP contribution in [0.4, 0.5) is 0 Å². The summed E-state index contributed by atoms with van der Waals surface area (Å²) < 4.78 is 49.0. The molecular weight excluding hydrogens is 318 g/mol. The number of aliphatic carboxylic acids is 1. The van der Waals surface area contributed by atoms with Crippen LogP contribution in [0.2, 0.25) is 0 Å². The molecule has 7 nitrogen and oxygen atoms in total. The monoisotopic (exact) mass is 341 g/mol. The van der Waals surface area contributed by atoms with E-state index in [9.17, 15) is 21.6 Å². The summed E-state index contributed by atoms with van der Waals surface area (Å²) in [6.45, 7) is 5.58. The second-order valence-corrected chi connectivity index (χ2v) is 10.9. The lowest BCUT2D eigenvalue weighted by atomic mass is 9.94. The second kappa shape index (κ2) is 6.21. The van der Waals surface area contributed by atoms with Gasteiger partial charge in [0.2, 0.25) is 10.0 Å². The molecule has 1 rings (SSSR count). The molecule has 21 heavy (non-hydrogen) atoms. The maximum atomic E-state index is 12.4. The van der Waals surface area contributed by atoms with E-state index in [4.69, 9.17) is 5.11 Å². The summed E-state index contributed by atoms with van der Waals surface area (Å²) >= 11 is 0. The Hall–Kier alpha value is -0.670. The average molecular weight is 341 g/mol. The number of sulfone groups is 1. The molecule has 124 valence electrons. The van der Waals surface area contributed by atoms with Crippen LogP contribution in [0.1, 0.15) is 33.6 Å². The smallest absolute Gasteiger partial charge is 0.305 e. The summed E-state index contributed by atoms with van der Waals surface area (Å²) in [5.74, 6) is -1.98. The van der Waals surface area contributed by atoms with E-state index in [2.05, 4.69) is 0 Å². The van der Waals surface area contributed by atoms with Crippen molar-refractivity contribution < 1.29 is 26.7 Å². The fourth-order valence-electron chi connectivity index (χ4n) is 2.15. The molecule has 9 heteroatoms. The van der Waals surface area contributed by atoms with Crippen LogP contribution >= 0.6 is 0 Å². The zero-order valence-corrected chi connectivity index (χ0v) is 14.2. The number of sulfonamides is 1. The van der Waals surface area contributed by atoms with Crippen LogP contribution in [0.3, 0.4) is 0 Å². The third-order valence-electron chi connectivity index (χ3n) is 3.35. The minimum absolute atomic E-state index is 0.104. The summed E-state index contributed by atoms with van der Waals surface area (Å²) in [4.78, 5) is 10.9. The van der Waals surface area contributed by atoms with Crippen molar-refractivity contribution in [3.05, 3.63) is 0 Å². The van der Waals surface area contributed by atoms with Crippen molar-refractivity contribution in [3.8, 4) is 0 Å². The molecule has 0 aromatic heterocycles. The number of carboxylic acid groups (broad SMARTS) is 1. The van der Waals surface area contributed by atoms with Crippen molar-refractivity contribution in [1.29, 1.82) is 0 Å². The fourth-order valence-corrected chi connectivity index (χ4v) is 5.97. The Balaban J connectivity index is 2.93. The van der Waals surface area contributed by atoms with Crippen LogP contribution in [-0.2, 0) is 24.7 Å². The first kappa shape index (κ1) is 18.4. The highest BCUT2D eigenvalue weighted by Crippen LogP contribution is 2.24. The van der Waals surface area contributed by atoms with Crippen LogP contribution in [0.25, 0.3) is 0 Å². The zero-order valence-electron chi connectivity index (χ0n) is 12.6. The summed E-state index contributed by atoms with van der Waals surface area (Å²) in [6, 6.07) is -1.01. The van der Waals surface area contributed by atoms with Crippen LogP contribution in [0, 0.1) is 5.41 Å². The van der Waals surface area contributed by atoms with Crippen molar-refractivity contribution in [2.24, 2.45) is 5.41 Å². The van der Waals surface area contributed by atoms with Crippen LogP contribution < -0.4 is 0 Å². The largest absolute Gasteiger partial charge is 0.481 e. The van der Waals surface area contributed by atoms with Crippen LogP contribution in [0.5, 0.6) is 0 Å². The molecule has 1 unspecified atom stereocenters. The van der Waals surface area contributed by atoms with Gasteiger partial charge in [-0.25, -0.2) is 16.8 Å². The van der Waals surface area contributed by atoms with Crippen molar-refractivity contribution in [1.82, 2.24) is 4.31 Å². The Bertz CT molecular complexity index is 588. The van der Waals surface area contributed by atoms with E-state index in [0.29, 0.717) is 6.42 Å². The molecule has 0 aromatic carbocycles. The number of hydrogen-bond donors (Lipinski definition) is 1. The molecule has 0 aromatic rings. The summed E-state index contributed by atoms with van der Waals surface area (Å²) in [7, 11) is -7.04. The minimum atomic E-state index is -3.66. The van der Waals surface area contributed by atoms with Crippen molar-refractivity contribution in [3.63, 3.8) is 0 Å². The molecule has 1 saturated heterocycles. The van der Waals surface area contributed by atoms with E-state index in [0.717, 1.165) is 4.31 Å². The van der Waals surface area contributed by atoms with Crippen molar-refractivity contribution in [2.45, 2.75) is 39.7 Å². The molecule has 0 amide bonds. The number of nitrogens with zero attached hydrogens (tertiary/aromatic N) is 1. The molecule has 1 N–H and O–H groups in total. The molecule has 0 aliphatic carbocycles. The van der Waals surface area contributed by atoms with Gasteiger partial charge >= 0.3 is 5.97 Å². The molecule has 1 atom stereocenters. The number of rotatable bonds is 5. The number of hydrogen-bond acceptors (Lipinski definition) is 5. The van der Waals surface area contributed by atoms with Gasteiger partial charge in [0, 0.05) is 12.6 Å². The highest BCUT2D eigenvalue weighted by atomic mass is 32.2. The molecule has 0 saturated carbocycles. The maximum Gasteiger partial charge on any atom is 0.305 e. The van der Waals surface area contributed by atoms with E-state index in [1.165, 1.54) is 0 Å². The standard InChI is InChI=1S/C12H23NO6S2/c1-12(2,3)4-6-21(18,19)13-5-7-20(16,17)9-10(13)8-11(14)15/h10H,4-9H2,1-3H3,(H,14,15). The molecule has 0 spiro atoms. The first-order valence-corrected chi connectivity index (χ1v) is 10.2. The third kappa shape index (κ3) is 5.91. The van der Waals surface area contributed by atoms with Crippen molar-refractivity contribution >= 4 is 25.8 Å². The highest BCUT2D eigenvalue weighted by molar-refractivity contribution is 7.92. The summed E-state index contributed by atoms with van der Waals surface area (Å²) in [5.41, 5.74) is -0.169. The second-order valence-electron chi connectivity index (χ2n) is 6.60. The van der Waals surface area contributed by atoms with E-state index in [-0.39, 0.29) is 23.5 Å². The first-order valence-electron chi connectivity index (χ1n) is 6.74. The molecule has 0 bridgehead atoms. The Morgan fingerprint density at radius 1 is 1.33 bits per heavy atom.